The molecule has 190 valence electrons. The van der Waals surface area contributed by atoms with Gasteiger partial charge in [0.1, 0.15) is 17.5 Å². The van der Waals surface area contributed by atoms with Gasteiger partial charge in [-0.3, -0.25) is 10.1 Å². The van der Waals surface area contributed by atoms with Gasteiger partial charge in [-0.2, -0.15) is 5.26 Å². The molecule has 1 aliphatic carbocycles. The van der Waals surface area contributed by atoms with Gasteiger partial charge in [0, 0.05) is 5.56 Å². The maximum absolute atomic E-state index is 12.6. The maximum Gasteiger partial charge on any atom is 0.412 e. The maximum atomic E-state index is 12.6. The zero-order valence-electron chi connectivity index (χ0n) is 20.9. The van der Waals surface area contributed by atoms with Crippen LogP contribution in [0.2, 0.25) is 0 Å². The molecule has 0 radical (unpaired) electrons. The van der Waals surface area contributed by atoms with Crippen molar-refractivity contribution in [2.45, 2.75) is 38.2 Å². The molecule has 1 saturated carbocycles. The highest BCUT2D eigenvalue weighted by Gasteiger charge is 2.51. The summed E-state index contributed by atoms with van der Waals surface area (Å²) in [7, 11) is 0. The normalized spacial score (nSPS) is 14.2. The van der Waals surface area contributed by atoms with Crippen LogP contribution in [-0.4, -0.2) is 22.3 Å². The van der Waals surface area contributed by atoms with Crippen molar-refractivity contribution in [3.8, 4) is 28.5 Å². The lowest BCUT2D eigenvalue weighted by molar-refractivity contribution is -0.140. The molecule has 0 aliphatic heterocycles. The van der Waals surface area contributed by atoms with Gasteiger partial charge in [0.25, 0.3) is 0 Å². The minimum atomic E-state index is -0.769. The van der Waals surface area contributed by atoms with Crippen LogP contribution in [0.25, 0.3) is 22.4 Å². The largest absolute Gasteiger partial charge is 0.481 e. The Balaban J connectivity index is 1.29. The Hall–Kier alpha value is -4.90. The van der Waals surface area contributed by atoms with Crippen molar-refractivity contribution < 1.29 is 24.0 Å². The van der Waals surface area contributed by atoms with Crippen LogP contribution in [0.3, 0.4) is 0 Å². The molecule has 1 aromatic heterocycles. The number of hydrogen-bond acceptors (Lipinski definition) is 6. The molecule has 0 spiro atoms. The van der Waals surface area contributed by atoms with Crippen LogP contribution < -0.4 is 5.32 Å². The summed E-state index contributed by atoms with van der Waals surface area (Å²) in [6, 6.07) is 24.2. The standard InChI is InChI=1S/C30H25N3O5/c1-18(21-5-3-20(17-31)4-6-21)37-29(36)32-26-19(2)38-33-27(26)24-9-7-22(8-10-24)23-11-13-25(14-12-23)30(15-16-30)28(34)35/h3-14,18H,15-16H2,1-2H3,(H,32,36)(H,34,35)/t18-/m1/s1. The van der Waals surface area contributed by atoms with Crippen LogP contribution in [0.15, 0.2) is 77.3 Å². The molecular weight excluding hydrogens is 482 g/mol. The van der Waals surface area contributed by atoms with E-state index in [4.69, 9.17) is 14.5 Å². The van der Waals surface area contributed by atoms with E-state index in [2.05, 4.69) is 16.5 Å². The smallest absolute Gasteiger partial charge is 0.412 e. The topological polar surface area (TPSA) is 125 Å². The van der Waals surface area contributed by atoms with Crippen LogP contribution in [0.4, 0.5) is 10.5 Å². The molecule has 5 rings (SSSR count). The number of amides is 1. The average molecular weight is 508 g/mol. The van der Waals surface area contributed by atoms with Crippen LogP contribution in [0.5, 0.6) is 0 Å². The van der Waals surface area contributed by atoms with Gasteiger partial charge in [-0.1, -0.05) is 65.8 Å². The van der Waals surface area contributed by atoms with Gasteiger partial charge in [-0.05, 0) is 61.1 Å². The minimum absolute atomic E-state index is 0.419. The second kappa shape index (κ2) is 9.87. The van der Waals surface area contributed by atoms with E-state index in [9.17, 15) is 14.7 Å². The first kappa shape index (κ1) is 24.8. The summed E-state index contributed by atoms with van der Waals surface area (Å²) in [6.07, 6.45) is 0.167. The predicted octanol–water partition coefficient (Wildman–Crippen LogP) is 6.61. The fourth-order valence-corrected chi connectivity index (χ4v) is 4.46. The van der Waals surface area contributed by atoms with Crippen molar-refractivity contribution in [3.63, 3.8) is 0 Å². The number of nitriles is 1. The molecule has 1 amide bonds. The number of hydrogen-bond donors (Lipinski definition) is 2. The number of carboxylic acid groups (broad SMARTS) is 1. The second-order valence-electron chi connectivity index (χ2n) is 9.41. The zero-order chi connectivity index (χ0) is 26.9. The number of carboxylic acids is 1. The number of carbonyl (C=O) groups is 2. The molecule has 8 nitrogen and oxygen atoms in total. The second-order valence-corrected chi connectivity index (χ2v) is 9.41. The van der Waals surface area contributed by atoms with E-state index in [0.29, 0.717) is 35.5 Å². The third-order valence-electron chi connectivity index (χ3n) is 6.97. The predicted molar refractivity (Wildman–Crippen MR) is 140 cm³/mol. The first-order valence-corrected chi connectivity index (χ1v) is 12.2. The van der Waals surface area contributed by atoms with Crippen molar-refractivity contribution in [2.24, 2.45) is 0 Å². The lowest BCUT2D eigenvalue weighted by Gasteiger charge is -2.14. The molecule has 3 aromatic carbocycles. The molecule has 38 heavy (non-hydrogen) atoms. The number of benzene rings is 3. The van der Waals surface area contributed by atoms with Crippen molar-refractivity contribution in [3.05, 3.63) is 95.2 Å². The third kappa shape index (κ3) is 4.74. The molecule has 4 aromatic rings. The zero-order valence-corrected chi connectivity index (χ0v) is 20.9. The number of nitrogens with zero attached hydrogens (tertiary/aromatic N) is 2. The number of rotatable bonds is 7. The van der Waals surface area contributed by atoms with E-state index in [1.54, 1.807) is 38.1 Å². The van der Waals surface area contributed by atoms with Gasteiger partial charge >= 0.3 is 12.1 Å². The van der Waals surface area contributed by atoms with E-state index in [0.717, 1.165) is 27.8 Å². The number of nitrogens with one attached hydrogen (secondary N) is 1. The van der Waals surface area contributed by atoms with Crippen molar-refractivity contribution in [1.82, 2.24) is 5.16 Å². The average Bonchev–Trinajstić information content (AvgIpc) is 3.68. The Morgan fingerprint density at radius 3 is 2.13 bits per heavy atom. The summed E-state index contributed by atoms with van der Waals surface area (Å²) >= 11 is 0. The van der Waals surface area contributed by atoms with Gasteiger partial charge in [0.2, 0.25) is 0 Å². The molecule has 0 bridgehead atoms. The summed E-state index contributed by atoms with van der Waals surface area (Å²) < 4.78 is 10.9. The highest BCUT2D eigenvalue weighted by molar-refractivity contribution is 5.91. The van der Waals surface area contributed by atoms with Crippen molar-refractivity contribution >= 4 is 17.7 Å². The number of ether oxygens (including phenoxy) is 1. The molecule has 2 N–H and O–H groups in total. The Bertz CT molecular complexity index is 1530. The van der Waals surface area contributed by atoms with E-state index in [1.807, 2.05) is 48.5 Å². The number of aliphatic carboxylic acids is 1. The van der Waals surface area contributed by atoms with Gasteiger partial charge in [0.05, 0.1) is 17.0 Å². The Kier molecular flexibility index (Phi) is 6.43. The van der Waals surface area contributed by atoms with E-state index in [-0.39, 0.29) is 0 Å². The van der Waals surface area contributed by atoms with Crippen LogP contribution >= 0.6 is 0 Å². The lowest BCUT2D eigenvalue weighted by Crippen LogP contribution is -2.19. The van der Waals surface area contributed by atoms with Crippen molar-refractivity contribution in [1.29, 1.82) is 5.26 Å². The molecule has 8 heteroatoms. The highest BCUT2D eigenvalue weighted by atomic mass is 16.6. The SMILES string of the molecule is Cc1onc(-c2ccc(-c3ccc(C4(C(=O)O)CC4)cc3)cc2)c1NC(=O)O[C@H](C)c1ccc(C#N)cc1. The number of carbonyl (C=O) groups excluding carboxylic acids is 1. The van der Waals surface area contributed by atoms with Gasteiger partial charge < -0.3 is 14.4 Å². The van der Waals surface area contributed by atoms with E-state index in [1.165, 1.54) is 0 Å². The summed E-state index contributed by atoms with van der Waals surface area (Å²) in [4.78, 5) is 24.2. The lowest BCUT2D eigenvalue weighted by atomic mass is 9.93. The summed E-state index contributed by atoms with van der Waals surface area (Å²) in [5.41, 5.74) is 4.98. The van der Waals surface area contributed by atoms with E-state index >= 15 is 0 Å². The fourth-order valence-electron chi connectivity index (χ4n) is 4.46. The highest BCUT2D eigenvalue weighted by Crippen LogP contribution is 2.48. The van der Waals surface area contributed by atoms with Crippen LogP contribution in [0, 0.1) is 18.3 Å². The molecular formula is C30H25N3O5. The van der Waals surface area contributed by atoms with Crippen LogP contribution in [-0.2, 0) is 14.9 Å². The van der Waals surface area contributed by atoms with Gasteiger partial charge in [0.15, 0.2) is 5.76 Å². The Labute approximate surface area is 219 Å². The molecule has 1 fully saturated rings. The monoisotopic (exact) mass is 507 g/mol. The Morgan fingerprint density at radius 2 is 1.58 bits per heavy atom. The number of aryl methyl sites for hydroxylation is 1. The van der Waals surface area contributed by atoms with Gasteiger partial charge in [-0.15, -0.1) is 0 Å². The van der Waals surface area contributed by atoms with E-state index < -0.39 is 23.6 Å². The molecule has 0 saturated heterocycles. The molecule has 1 aliphatic rings. The Morgan fingerprint density at radius 1 is 1.00 bits per heavy atom. The first-order chi connectivity index (χ1) is 18.3. The number of anilines is 1. The third-order valence-corrected chi connectivity index (χ3v) is 6.97. The summed E-state index contributed by atoms with van der Waals surface area (Å²) in [5.74, 6) is -0.329. The van der Waals surface area contributed by atoms with Crippen LogP contribution in [0.1, 0.15) is 48.3 Å². The quantitative estimate of drug-likeness (QED) is 0.288. The van der Waals surface area contributed by atoms with Gasteiger partial charge in [-0.25, -0.2) is 4.79 Å². The number of aromatic nitrogens is 1. The fraction of sp³-hybridized carbons (Fsp3) is 0.200. The summed E-state index contributed by atoms with van der Waals surface area (Å²) in [5, 5.41) is 25.3. The summed E-state index contributed by atoms with van der Waals surface area (Å²) in [6.45, 7) is 3.45. The molecule has 1 heterocycles. The molecule has 0 unspecified atom stereocenters. The minimum Gasteiger partial charge on any atom is -0.481 e. The van der Waals surface area contributed by atoms with Crippen molar-refractivity contribution in [2.75, 3.05) is 5.32 Å². The first-order valence-electron chi connectivity index (χ1n) is 12.2. The molecule has 1 atom stereocenters.